The van der Waals surface area contributed by atoms with Gasteiger partial charge < -0.3 is 21.5 Å². The molecule has 1 aromatic rings. The lowest BCUT2D eigenvalue weighted by Gasteiger charge is -2.20. The van der Waals surface area contributed by atoms with Crippen LogP contribution in [0.4, 0.5) is 11.5 Å². The van der Waals surface area contributed by atoms with Crippen molar-refractivity contribution >= 4 is 17.4 Å². The van der Waals surface area contributed by atoms with Crippen LogP contribution in [0.2, 0.25) is 0 Å². The van der Waals surface area contributed by atoms with Crippen LogP contribution in [-0.4, -0.2) is 34.7 Å². The van der Waals surface area contributed by atoms with E-state index in [0.717, 1.165) is 0 Å². The molecule has 17 heavy (non-hydrogen) atoms. The second kappa shape index (κ2) is 3.89. The Morgan fingerprint density at radius 2 is 2.35 bits per heavy atom. The lowest BCUT2D eigenvalue weighted by molar-refractivity contribution is 0.0839. The number of carbonyl (C=O) groups excluding carboxylic acids is 1. The van der Waals surface area contributed by atoms with Gasteiger partial charge in [0, 0.05) is 13.1 Å². The van der Waals surface area contributed by atoms with E-state index in [9.17, 15) is 9.90 Å². The molecule has 1 saturated heterocycles. The van der Waals surface area contributed by atoms with Crippen LogP contribution in [0, 0.1) is 0 Å². The first-order chi connectivity index (χ1) is 7.89. The molecule has 0 spiro atoms. The minimum absolute atomic E-state index is 0.265. The van der Waals surface area contributed by atoms with Crippen LogP contribution in [-0.2, 0) is 0 Å². The first-order valence-electron chi connectivity index (χ1n) is 5.42. The third kappa shape index (κ3) is 2.31. The van der Waals surface area contributed by atoms with Crippen molar-refractivity contribution in [2.75, 3.05) is 23.7 Å². The van der Waals surface area contributed by atoms with Crippen LogP contribution in [0.3, 0.4) is 0 Å². The van der Waals surface area contributed by atoms with E-state index in [1.54, 1.807) is 13.0 Å². The molecule has 0 radical (unpaired) electrons. The Bertz CT molecular complexity index is 459. The first kappa shape index (κ1) is 11.7. The third-order valence-electron chi connectivity index (χ3n) is 2.96. The van der Waals surface area contributed by atoms with E-state index in [2.05, 4.69) is 4.98 Å². The monoisotopic (exact) mass is 236 g/mol. The molecule has 0 aliphatic carbocycles. The van der Waals surface area contributed by atoms with Gasteiger partial charge in [-0.3, -0.25) is 4.79 Å². The van der Waals surface area contributed by atoms with E-state index >= 15 is 0 Å². The molecule has 1 aromatic heterocycles. The molecule has 6 heteroatoms. The standard InChI is InChI=1S/C11H16N4O2/c1-11(17)2-3-15(6-11)9-4-7(10(13)16)8(12)5-14-9/h4-5,17H,2-3,6,12H2,1H3,(H2,13,16). The van der Waals surface area contributed by atoms with Crippen molar-refractivity contribution in [2.24, 2.45) is 5.73 Å². The van der Waals surface area contributed by atoms with E-state index in [4.69, 9.17) is 11.5 Å². The quantitative estimate of drug-likeness (QED) is 0.655. The number of hydrogen-bond acceptors (Lipinski definition) is 5. The summed E-state index contributed by atoms with van der Waals surface area (Å²) in [6.45, 7) is 2.96. The fourth-order valence-corrected chi connectivity index (χ4v) is 1.98. The van der Waals surface area contributed by atoms with Gasteiger partial charge in [0.15, 0.2) is 0 Å². The SMILES string of the molecule is CC1(O)CCN(c2cc(C(N)=O)c(N)cn2)C1. The van der Waals surface area contributed by atoms with E-state index in [1.165, 1.54) is 6.20 Å². The second-order valence-corrected chi connectivity index (χ2v) is 4.66. The Balaban J connectivity index is 2.29. The molecule has 92 valence electrons. The topological polar surface area (TPSA) is 105 Å². The van der Waals surface area contributed by atoms with Crippen LogP contribution in [0.1, 0.15) is 23.7 Å². The van der Waals surface area contributed by atoms with Crippen molar-refractivity contribution in [3.05, 3.63) is 17.8 Å². The number of nitrogens with two attached hydrogens (primary N) is 2. The highest BCUT2D eigenvalue weighted by atomic mass is 16.3. The average Bonchev–Trinajstić information content (AvgIpc) is 2.59. The van der Waals surface area contributed by atoms with Crippen molar-refractivity contribution < 1.29 is 9.90 Å². The summed E-state index contributed by atoms with van der Waals surface area (Å²) in [6, 6.07) is 1.57. The molecular formula is C11H16N4O2. The Morgan fingerprint density at radius 1 is 1.65 bits per heavy atom. The predicted molar refractivity (Wildman–Crippen MR) is 64.6 cm³/mol. The van der Waals surface area contributed by atoms with Gasteiger partial charge in [-0.25, -0.2) is 4.98 Å². The molecule has 0 saturated carbocycles. The number of carbonyl (C=O) groups is 1. The molecule has 1 atom stereocenters. The van der Waals surface area contributed by atoms with Crippen LogP contribution < -0.4 is 16.4 Å². The summed E-state index contributed by atoms with van der Waals surface area (Å²) in [7, 11) is 0. The van der Waals surface area contributed by atoms with E-state index in [0.29, 0.717) is 25.3 Å². The highest BCUT2D eigenvalue weighted by Gasteiger charge is 2.32. The molecular weight excluding hydrogens is 220 g/mol. The summed E-state index contributed by atoms with van der Waals surface area (Å²) in [5.74, 6) is 0.0443. The van der Waals surface area contributed by atoms with Crippen molar-refractivity contribution in [2.45, 2.75) is 18.9 Å². The fraction of sp³-hybridized carbons (Fsp3) is 0.455. The Labute approximate surface area is 99.2 Å². The molecule has 1 unspecified atom stereocenters. The number of amides is 1. The van der Waals surface area contributed by atoms with Crippen LogP contribution >= 0.6 is 0 Å². The van der Waals surface area contributed by atoms with Gasteiger partial charge in [-0.1, -0.05) is 0 Å². The lowest BCUT2D eigenvalue weighted by Crippen LogP contribution is -2.30. The van der Waals surface area contributed by atoms with Gasteiger partial charge in [0.1, 0.15) is 5.82 Å². The summed E-state index contributed by atoms with van der Waals surface area (Å²) in [5.41, 5.74) is 10.7. The third-order valence-corrected chi connectivity index (χ3v) is 2.96. The zero-order chi connectivity index (χ0) is 12.6. The minimum Gasteiger partial charge on any atom is -0.397 e. The largest absolute Gasteiger partial charge is 0.397 e. The van der Waals surface area contributed by atoms with Gasteiger partial charge in [0.05, 0.1) is 23.0 Å². The number of rotatable bonds is 2. The highest BCUT2D eigenvalue weighted by molar-refractivity contribution is 5.98. The first-order valence-corrected chi connectivity index (χ1v) is 5.42. The number of hydrogen-bond donors (Lipinski definition) is 3. The van der Waals surface area contributed by atoms with Gasteiger partial charge >= 0.3 is 0 Å². The molecule has 5 N–H and O–H groups in total. The van der Waals surface area contributed by atoms with E-state index in [1.807, 2.05) is 4.90 Å². The molecule has 0 bridgehead atoms. The normalized spacial score (nSPS) is 24.0. The van der Waals surface area contributed by atoms with Gasteiger partial charge in [0.25, 0.3) is 5.91 Å². The Kier molecular flexibility index (Phi) is 2.66. The number of anilines is 2. The molecule has 0 aromatic carbocycles. The van der Waals surface area contributed by atoms with E-state index < -0.39 is 11.5 Å². The maximum Gasteiger partial charge on any atom is 0.250 e. The van der Waals surface area contributed by atoms with Gasteiger partial charge in [0.2, 0.25) is 0 Å². The summed E-state index contributed by atoms with van der Waals surface area (Å²) in [4.78, 5) is 17.2. The number of β-amino-alcohol motifs (C(OH)–C–C–N with tert-alkyl or cyclic N) is 1. The molecule has 6 nitrogen and oxygen atoms in total. The smallest absolute Gasteiger partial charge is 0.250 e. The average molecular weight is 236 g/mol. The molecule has 1 amide bonds. The Hall–Kier alpha value is -1.82. The number of aliphatic hydroxyl groups is 1. The zero-order valence-electron chi connectivity index (χ0n) is 9.68. The molecule has 1 aliphatic rings. The zero-order valence-corrected chi connectivity index (χ0v) is 9.68. The van der Waals surface area contributed by atoms with Gasteiger partial charge in [-0.05, 0) is 19.4 Å². The number of nitrogen functional groups attached to an aromatic ring is 1. The number of pyridine rings is 1. The highest BCUT2D eigenvalue weighted by Crippen LogP contribution is 2.26. The van der Waals surface area contributed by atoms with Crippen molar-refractivity contribution in [1.29, 1.82) is 0 Å². The molecule has 1 aliphatic heterocycles. The van der Waals surface area contributed by atoms with Crippen molar-refractivity contribution in [1.82, 2.24) is 4.98 Å². The summed E-state index contributed by atoms with van der Waals surface area (Å²) >= 11 is 0. The number of aromatic nitrogens is 1. The van der Waals surface area contributed by atoms with Crippen LogP contribution in [0.5, 0.6) is 0 Å². The van der Waals surface area contributed by atoms with Crippen LogP contribution in [0.25, 0.3) is 0 Å². The maximum atomic E-state index is 11.2. The number of primary amides is 1. The maximum absolute atomic E-state index is 11.2. The van der Waals surface area contributed by atoms with E-state index in [-0.39, 0.29) is 11.3 Å². The van der Waals surface area contributed by atoms with Crippen molar-refractivity contribution in [3.63, 3.8) is 0 Å². The molecule has 1 fully saturated rings. The van der Waals surface area contributed by atoms with Gasteiger partial charge in [-0.15, -0.1) is 0 Å². The Morgan fingerprint density at radius 3 is 2.88 bits per heavy atom. The van der Waals surface area contributed by atoms with Crippen LogP contribution in [0.15, 0.2) is 12.3 Å². The van der Waals surface area contributed by atoms with Crippen molar-refractivity contribution in [3.8, 4) is 0 Å². The molecule has 2 rings (SSSR count). The van der Waals surface area contributed by atoms with Gasteiger partial charge in [-0.2, -0.15) is 0 Å². The fourth-order valence-electron chi connectivity index (χ4n) is 1.98. The predicted octanol–water partition coefficient (Wildman–Crippen LogP) is -0.276. The minimum atomic E-state index is -0.712. The summed E-state index contributed by atoms with van der Waals surface area (Å²) in [6.07, 6.45) is 2.09. The molecule has 2 heterocycles. The second-order valence-electron chi connectivity index (χ2n) is 4.66. The lowest BCUT2D eigenvalue weighted by atomic mass is 10.1. The summed E-state index contributed by atoms with van der Waals surface area (Å²) in [5, 5.41) is 9.87. The number of nitrogens with zero attached hydrogens (tertiary/aromatic N) is 2. The summed E-state index contributed by atoms with van der Waals surface area (Å²) < 4.78 is 0.